The number of pyridine rings is 1. The second-order valence-corrected chi connectivity index (χ2v) is 6.23. The SMILES string of the molecule is CCN(Cc1ccccc1)C(=O)c1cncc(C(=O)Nc2cccc(F)c2)c1. The Labute approximate surface area is 162 Å². The van der Waals surface area contributed by atoms with E-state index in [1.54, 1.807) is 11.0 Å². The molecule has 3 rings (SSSR count). The number of amides is 2. The van der Waals surface area contributed by atoms with Crippen LogP contribution in [0.3, 0.4) is 0 Å². The molecule has 0 unspecified atom stereocenters. The average molecular weight is 377 g/mol. The van der Waals surface area contributed by atoms with Gasteiger partial charge in [0.25, 0.3) is 11.8 Å². The molecule has 5 nitrogen and oxygen atoms in total. The van der Waals surface area contributed by atoms with Gasteiger partial charge in [0.2, 0.25) is 0 Å². The minimum Gasteiger partial charge on any atom is -0.335 e. The first-order valence-corrected chi connectivity index (χ1v) is 8.92. The van der Waals surface area contributed by atoms with Gasteiger partial charge in [0, 0.05) is 31.2 Å². The minimum atomic E-state index is -0.459. The molecular weight excluding hydrogens is 357 g/mol. The molecule has 1 heterocycles. The van der Waals surface area contributed by atoms with Gasteiger partial charge in [-0.15, -0.1) is 0 Å². The van der Waals surface area contributed by atoms with Crippen LogP contribution in [0.15, 0.2) is 73.1 Å². The largest absolute Gasteiger partial charge is 0.335 e. The Kier molecular flexibility index (Phi) is 6.11. The van der Waals surface area contributed by atoms with Gasteiger partial charge in [-0.3, -0.25) is 14.6 Å². The van der Waals surface area contributed by atoms with Crippen LogP contribution in [0.2, 0.25) is 0 Å². The van der Waals surface area contributed by atoms with Crippen LogP contribution >= 0.6 is 0 Å². The lowest BCUT2D eigenvalue weighted by Crippen LogP contribution is -2.30. The van der Waals surface area contributed by atoms with Gasteiger partial charge in [-0.1, -0.05) is 36.4 Å². The summed E-state index contributed by atoms with van der Waals surface area (Å²) >= 11 is 0. The molecule has 0 spiro atoms. The maximum absolute atomic E-state index is 13.3. The topological polar surface area (TPSA) is 62.3 Å². The van der Waals surface area contributed by atoms with Gasteiger partial charge in [0.1, 0.15) is 5.82 Å². The Morgan fingerprint density at radius 1 is 1.00 bits per heavy atom. The van der Waals surface area contributed by atoms with E-state index in [0.29, 0.717) is 24.3 Å². The van der Waals surface area contributed by atoms with Crippen molar-refractivity contribution in [2.45, 2.75) is 13.5 Å². The van der Waals surface area contributed by atoms with Gasteiger partial charge < -0.3 is 10.2 Å². The van der Waals surface area contributed by atoms with Gasteiger partial charge in [-0.05, 0) is 36.8 Å². The van der Waals surface area contributed by atoms with Crippen LogP contribution in [0.5, 0.6) is 0 Å². The van der Waals surface area contributed by atoms with Crippen LogP contribution in [-0.2, 0) is 6.54 Å². The van der Waals surface area contributed by atoms with Crippen LogP contribution in [0.1, 0.15) is 33.2 Å². The van der Waals surface area contributed by atoms with E-state index in [4.69, 9.17) is 0 Å². The highest BCUT2D eigenvalue weighted by Crippen LogP contribution is 2.14. The quantitative estimate of drug-likeness (QED) is 0.702. The fraction of sp³-hybridized carbons (Fsp3) is 0.136. The van der Waals surface area contributed by atoms with E-state index in [2.05, 4.69) is 10.3 Å². The van der Waals surface area contributed by atoms with Crippen molar-refractivity contribution in [2.75, 3.05) is 11.9 Å². The van der Waals surface area contributed by atoms with Gasteiger partial charge in [-0.25, -0.2) is 4.39 Å². The first-order valence-electron chi connectivity index (χ1n) is 8.92. The normalized spacial score (nSPS) is 10.4. The Balaban J connectivity index is 1.75. The van der Waals surface area contributed by atoms with E-state index < -0.39 is 11.7 Å². The number of carbonyl (C=O) groups is 2. The maximum atomic E-state index is 13.3. The van der Waals surface area contributed by atoms with Gasteiger partial charge in [-0.2, -0.15) is 0 Å². The zero-order valence-electron chi connectivity index (χ0n) is 15.4. The predicted octanol–water partition coefficient (Wildman–Crippen LogP) is 4.14. The van der Waals surface area contributed by atoms with E-state index in [1.165, 1.54) is 36.7 Å². The van der Waals surface area contributed by atoms with E-state index in [1.807, 2.05) is 37.3 Å². The summed E-state index contributed by atoms with van der Waals surface area (Å²) in [4.78, 5) is 31.0. The van der Waals surface area contributed by atoms with E-state index in [0.717, 1.165) is 5.56 Å². The third-order valence-corrected chi connectivity index (χ3v) is 4.22. The number of rotatable bonds is 6. The highest BCUT2D eigenvalue weighted by Gasteiger charge is 2.17. The van der Waals surface area contributed by atoms with E-state index in [9.17, 15) is 14.0 Å². The van der Waals surface area contributed by atoms with Crippen LogP contribution in [0.4, 0.5) is 10.1 Å². The molecule has 3 aromatic rings. The standard InChI is InChI=1S/C22H20FN3O2/c1-2-26(15-16-7-4-3-5-8-16)22(28)18-11-17(13-24-14-18)21(27)25-20-10-6-9-19(23)12-20/h3-14H,2,15H2,1H3,(H,25,27). The molecule has 0 saturated carbocycles. The summed E-state index contributed by atoms with van der Waals surface area (Å²) in [6.07, 6.45) is 2.81. The van der Waals surface area contributed by atoms with Gasteiger partial charge in [0.05, 0.1) is 11.1 Å². The van der Waals surface area contributed by atoms with Crippen molar-refractivity contribution in [2.24, 2.45) is 0 Å². The predicted molar refractivity (Wildman–Crippen MR) is 105 cm³/mol. The maximum Gasteiger partial charge on any atom is 0.257 e. The molecule has 0 fully saturated rings. The van der Waals surface area contributed by atoms with Crippen molar-refractivity contribution in [3.05, 3.63) is 95.6 Å². The number of halogens is 1. The molecule has 1 N–H and O–H groups in total. The molecule has 0 atom stereocenters. The molecule has 28 heavy (non-hydrogen) atoms. The Hall–Kier alpha value is -3.54. The van der Waals surface area contributed by atoms with Crippen LogP contribution in [0.25, 0.3) is 0 Å². The number of nitrogens with zero attached hydrogens (tertiary/aromatic N) is 2. The average Bonchev–Trinajstić information content (AvgIpc) is 2.72. The monoisotopic (exact) mass is 377 g/mol. The molecule has 0 aliphatic carbocycles. The minimum absolute atomic E-state index is 0.209. The molecule has 0 aliphatic heterocycles. The number of nitrogens with one attached hydrogen (secondary N) is 1. The Morgan fingerprint density at radius 3 is 2.46 bits per heavy atom. The molecular formula is C22H20FN3O2. The third-order valence-electron chi connectivity index (χ3n) is 4.22. The fourth-order valence-electron chi connectivity index (χ4n) is 2.76. The van der Waals surface area contributed by atoms with Crippen LogP contribution < -0.4 is 5.32 Å². The zero-order valence-corrected chi connectivity index (χ0v) is 15.4. The number of hydrogen-bond acceptors (Lipinski definition) is 3. The summed E-state index contributed by atoms with van der Waals surface area (Å²) in [5.74, 6) is -1.11. The fourth-order valence-corrected chi connectivity index (χ4v) is 2.76. The molecule has 0 radical (unpaired) electrons. The van der Waals surface area contributed by atoms with Crippen molar-refractivity contribution >= 4 is 17.5 Å². The number of carbonyl (C=O) groups excluding carboxylic acids is 2. The second-order valence-electron chi connectivity index (χ2n) is 6.23. The van der Waals surface area contributed by atoms with E-state index in [-0.39, 0.29) is 11.5 Å². The van der Waals surface area contributed by atoms with Crippen molar-refractivity contribution in [3.63, 3.8) is 0 Å². The summed E-state index contributed by atoms with van der Waals surface area (Å²) in [6, 6.07) is 16.8. The third kappa shape index (κ3) is 4.79. The number of hydrogen-bond donors (Lipinski definition) is 1. The van der Waals surface area contributed by atoms with Gasteiger partial charge >= 0.3 is 0 Å². The molecule has 142 valence electrons. The van der Waals surface area contributed by atoms with Crippen molar-refractivity contribution < 1.29 is 14.0 Å². The van der Waals surface area contributed by atoms with E-state index >= 15 is 0 Å². The highest BCUT2D eigenvalue weighted by molar-refractivity contribution is 6.05. The molecule has 6 heteroatoms. The summed E-state index contributed by atoms with van der Waals surface area (Å²) in [5, 5.41) is 2.60. The summed E-state index contributed by atoms with van der Waals surface area (Å²) in [7, 11) is 0. The first-order chi connectivity index (χ1) is 13.6. The van der Waals surface area contributed by atoms with Crippen LogP contribution in [0, 0.1) is 5.82 Å². The number of anilines is 1. The molecule has 0 aliphatic rings. The summed E-state index contributed by atoms with van der Waals surface area (Å²) in [6.45, 7) is 2.89. The first kappa shape index (κ1) is 19.2. The molecule has 2 amide bonds. The van der Waals surface area contributed by atoms with Gasteiger partial charge in [0.15, 0.2) is 0 Å². The lowest BCUT2D eigenvalue weighted by Gasteiger charge is -2.21. The molecule has 0 bridgehead atoms. The zero-order chi connectivity index (χ0) is 19.9. The Morgan fingerprint density at radius 2 is 1.75 bits per heavy atom. The number of aromatic nitrogens is 1. The number of benzene rings is 2. The summed E-state index contributed by atoms with van der Waals surface area (Å²) in [5.41, 5.74) is 1.90. The molecule has 2 aromatic carbocycles. The van der Waals surface area contributed by atoms with Crippen molar-refractivity contribution in [1.29, 1.82) is 0 Å². The smallest absolute Gasteiger partial charge is 0.257 e. The lowest BCUT2D eigenvalue weighted by atomic mass is 10.1. The Bertz CT molecular complexity index is 976. The van der Waals surface area contributed by atoms with Crippen molar-refractivity contribution in [1.82, 2.24) is 9.88 Å². The van der Waals surface area contributed by atoms with Crippen molar-refractivity contribution in [3.8, 4) is 0 Å². The van der Waals surface area contributed by atoms with Crippen LogP contribution in [-0.4, -0.2) is 28.2 Å². The lowest BCUT2D eigenvalue weighted by molar-refractivity contribution is 0.0752. The molecule has 1 aromatic heterocycles. The highest BCUT2D eigenvalue weighted by atomic mass is 19.1. The second kappa shape index (κ2) is 8.90. The molecule has 0 saturated heterocycles. The summed E-state index contributed by atoms with van der Waals surface area (Å²) < 4.78 is 13.3.